The number of nitrogens with zero attached hydrogens (tertiary/aromatic N) is 2. The first kappa shape index (κ1) is 20.8. The molecule has 4 fully saturated rings. The van der Waals surface area contributed by atoms with Crippen LogP contribution in [-0.4, -0.2) is 97.5 Å². The van der Waals surface area contributed by atoms with Gasteiger partial charge in [0.15, 0.2) is 5.11 Å². The average Bonchev–Trinajstić information content (AvgIpc) is 3.38. The highest BCUT2D eigenvalue weighted by molar-refractivity contribution is 7.80. The largest absolute Gasteiger partial charge is 0.391 e. The molecule has 0 aromatic carbocycles. The number of hydrogen-bond acceptors (Lipinski definition) is 6. The molecule has 1 spiro atoms. The van der Waals surface area contributed by atoms with Crippen molar-refractivity contribution in [3.05, 3.63) is 0 Å². The van der Waals surface area contributed by atoms with E-state index < -0.39 is 30.0 Å². The monoisotopic (exact) mass is 413 g/mol. The zero-order chi connectivity index (χ0) is 19.9. The molecule has 0 aromatic rings. The molecule has 2 unspecified atom stereocenters. The third-order valence-corrected chi connectivity index (χ3v) is 7.85. The van der Waals surface area contributed by atoms with Crippen LogP contribution in [-0.2, 0) is 0 Å². The Kier molecular flexibility index (Phi) is 6.16. The Morgan fingerprint density at radius 1 is 1.00 bits per heavy atom. The first-order chi connectivity index (χ1) is 13.4. The molecule has 0 radical (unpaired) electrons. The van der Waals surface area contributed by atoms with Crippen LogP contribution in [0.25, 0.3) is 0 Å². The average molecular weight is 414 g/mol. The number of nitrogens with one attached hydrogen (secondary N) is 1. The van der Waals surface area contributed by atoms with E-state index in [9.17, 15) is 20.4 Å². The molecule has 2 aliphatic carbocycles. The molecule has 7 nitrogen and oxygen atoms in total. The summed E-state index contributed by atoms with van der Waals surface area (Å²) in [4.78, 5) is 4.30. The maximum atomic E-state index is 10.4. The SMILES string of the molecule is OC1CC12[C@@H](O)[C@H](O)[C@@H](O)CN2CC1CCN(C(=S)NC2CCCCC2)CC1. The standard InChI is InChI=1S/C20H35N3O4S/c24-15-12-23(20(10-16(20)25)18(27)17(15)26)11-13-6-8-22(9-7-13)19(28)21-14-4-2-1-3-5-14/h13-18,24-27H,1-12H2,(H,21,28)/t15-,16?,17+,18-,20?/m0/s1. The second-order valence-corrected chi connectivity index (χ2v) is 9.72. The zero-order valence-electron chi connectivity index (χ0n) is 16.5. The van der Waals surface area contributed by atoms with Crippen LogP contribution in [0.15, 0.2) is 0 Å². The molecule has 4 rings (SSSR count). The molecule has 5 N–H and O–H groups in total. The molecule has 2 saturated heterocycles. The van der Waals surface area contributed by atoms with Gasteiger partial charge in [-0.25, -0.2) is 0 Å². The number of piperidine rings is 2. The van der Waals surface area contributed by atoms with Crippen molar-refractivity contribution in [2.75, 3.05) is 26.2 Å². The highest BCUT2D eigenvalue weighted by Crippen LogP contribution is 2.49. The van der Waals surface area contributed by atoms with Crippen molar-refractivity contribution in [2.24, 2.45) is 5.92 Å². The zero-order valence-corrected chi connectivity index (χ0v) is 17.4. The van der Waals surface area contributed by atoms with Crippen molar-refractivity contribution in [1.82, 2.24) is 15.1 Å². The summed E-state index contributed by atoms with van der Waals surface area (Å²) in [6.07, 6.45) is 4.94. The van der Waals surface area contributed by atoms with E-state index in [1.807, 2.05) is 4.90 Å². The van der Waals surface area contributed by atoms with Crippen molar-refractivity contribution < 1.29 is 20.4 Å². The Bertz CT molecular complexity index is 568. The summed E-state index contributed by atoms with van der Waals surface area (Å²) in [6.45, 7) is 2.87. The molecule has 160 valence electrons. The van der Waals surface area contributed by atoms with Crippen molar-refractivity contribution in [2.45, 2.75) is 87.4 Å². The molecular formula is C20H35N3O4S. The quantitative estimate of drug-likeness (QED) is 0.406. The first-order valence-corrected chi connectivity index (χ1v) is 11.4. The summed E-state index contributed by atoms with van der Waals surface area (Å²) in [7, 11) is 0. The summed E-state index contributed by atoms with van der Waals surface area (Å²) < 4.78 is 0. The molecule has 0 aromatic heterocycles. The highest BCUT2D eigenvalue weighted by Gasteiger charge is 2.67. The fourth-order valence-electron chi connectivity index (χ4n) is 5.49. The predicted octanol–water partition coefficient (Wildman–Crippen LogP) is -0.193. The van der Waals surface area contributed by atoms with Crippen LogP contribution in [0, 0.1) is 5.92 Å². The molecule has 2 heterocycles. The third-order valence-electron chi connectivity index (χ3n) is 7.48. The number of β-amino-alcohol motifs (C(OH)–C–C–N with tert-alkyl or cyclic N) is 1. The van der Waals surface area contributed by atoms with E-state index in [1.54, 1.807) is 0 Å². The number of rotatable bonds is 3. The molecule has 5 atom stereocenters. The fraction of sp³-hybridized carbons (Fsp3) is 0.950. The second kappa shape index (κ2) is 8.32. The molecule has 2 saturated carbocycles. The Labute approximate surface area is 172 Å². The van der Waals surface area contributed by atoms with Gasteiger partial charge in [-0.3, -0.25) is 4.90 Å². The van der Waals surface area contributed by atoms with Crippen LogP contribution in [0.4, 0.5) is 0 Å². The highest BCUT2D eigenvalue weighted by atomic mass is 32.1. The summed E-state index contributed by atoms with van der Waals surface area (Å²) in [5.74, 6) is 0.438. The number of thiocarbonyl (C=S) groups is 1. The van der Waals surface area contributed by atoms with Gasteiger partial charge in [0.05, 0.1) is 17.7 Å². The minimum Gasteiger partial charge on any atom is -0.391 e. The Morgan fingerprint density at radius 2 is 1.64 bits per heavy atom. The first-order valence-electron chi connectivity index (χ1n) is 10.9. The normalized spacial score (nSPS) is 40.6. The van der Waals surface area contributed by atoms with E-state index in [0.29, 0.717) is 24.9 Å². The van der Waals surface area contributed by atoms with E-state index in [0.717, 1.165) is 37.6 Å². The summed E-state index contributed by atoms with van der Waals surface area (Å²) in [5.41, 5.74) is -0.770. The van der Waals surface area contributed by atoms with Gasteiger partial charge in [-0.1, -0.05) is 19.3 Å². The molecule has 28 heavy (non-hydrogen) atoms. The number of aliphatic hydroxyl groups excluding tert-OH is 4. The molecule has 2 aliphatic heterocycles. The molecular weight excluding hydrogens is 378 g/mol. The van der Waals surface area contributed by atoms with Gasteiger partial charge < -0.3 is 30.6 Å². The lowest BCUT2D eigenvalue weighted by Gasteiger charge is -2.47. The molecule has 4 aliphatic rings. The number of aliphatic hydroxyl groups is 4. The number of likely N-dealkylation sites (tertiary alicyclic amines) is 2. The van der Waals surface area contributed by atoms with Crippen molar-refractivity contribution in [3.63, 3.8) is 0 Å². The maximum absolute atomic E-state index is 10.4. The van der Waals surface area contributed by atoms with E-state index >= 15 is 0 Å². The van der Waals surface area contributed by atoms with E-state index in [2.05, 4.69) is 10.2 Å². The summed E-state index contributed by atoms with van der Waals surface area (Å²) in [6, 6.07) is 0.526. The van der Waals surface area contributed by atoms with E-state index in [4.69, 9.17) is 12.2 Å². The summed E-state index contributed by atoms with van der Waals surface area (Å²) >= 11 is 5.64. The minimum atomic E-state index is -1.18. The Balaban J connectivity index is 1.28. The molecule has 0 amide bonds. The minimum absolute atomic E-state index is 0.303. The van der Waals surface area contributed by atoms with Gasteiger partial charge in [0.25, 0.3) is 0 Å². The van der Waals surface area contributed by atoms with Gasteiger partial charge in [-0.15, -0.1) is 0 Å². The molecule has 8 heteroatoms. The predicted molar refractivity (Wildman–Crippen MR) is 110 cm³/mol. The van der Waals surface area contributed by atoms with Gasteiger partial charge in [0.2, 0.25) is 0 Å². The van der Waals surface area contributed by atoms with Crippen molar-refractivity contribution in [3.8, 4) is 0 Å². The van der Waals surface area contributed by atoms with Crippen LogP contribution >= 0.6 is 12.2 Å². The fourth-order valence-corrected chi connectivity index (χ4v) is 5.84. The van der Waals surface area contributed by atoms with Crippen LogP contribution in [0.3, 0.4) is 0 Å². The Morgan fingerprint density at radius 3 is 2.25 bits per heavy atom. The van der Waals surface area contributed by atoms with Crippen molar-refractivity contribution in [1.29, 1.82) is 0 Å². The van der Waals surface area contributed by atoms with E-state index in [-0.39, 0.29) is 0 Å². The van der Waals surface area contributed by atoms with Gasteiger partial charge in [-0.05, 0) is 50.2 Å². The van der Waals surface area contributed by atoms with Crippen molar-refractivity contribution >= 4 is 17.3 Å². The topological polar surface area (TPSA) is 99.4 Å². The maximum Gasteiger partial charge on any atom is 0.169 e. The van der Waals surface area contributed by atoms with Gasteiger partial charge >= 0.3 is 0 Å². The van der Waals surface area contributed by atoms with Gasteiger partial charge in [0, 0.05) is 32.2 Å². The molecule has 0 bridgehead atoms. The lowest BCUT2D eigenvalue weighted by molar-refractivity contribution is -0.157. The number of hydrogen-bond donors (Lipinski definition) is 5. The van der Waals surface area contributed by atoms with Crippen LogP contribution in [0.1, 0.15) is 51.4 Å². The third kappa shape index (κ3) is 3.91. The lowest BCUT2D eigenvalue weighted by Crippen LogP contribution is -2.65. The smallest absolute Gasteiger partial charge is 0.169 e. The van der Waals surface area contributed by atoms with Crippen LogP contribution in [0.2, 0.25) is 0 Å². The lowest BCUT2D eigenvalue weighted by atomic mass is 9.88. The van der Waals surface area contributed by atoms with Crippen LogP contribution < -0.4 is 5.32 Å². The Hall–Kier alpha value is -0.510. The van der Waals surface area contributed by atoms with Crippen LogP contribution in [0.5, 0.6) is 0 Å². The van der Waals surface area contributed by atoms with E-state index in [1.165, 1.54) is 32.1 Å². The summed E-state index contributed by atoms with van der Waals surface area (Å²) in [5, 5.41) is 45.1. The van der Waals surface area contributed by atoms with Gasteiger partial charge in [-0.2, -0.15) is 0 Å². The second-order valence-electron chi connectivity index (χ2n) is 9.33. The van der Waals surface area contributed by atoms with Gasteiger partial charge in [0.1, 0.15) is 12.2 Å².